The van der Waals surface area contributed by atoms with Crippen molar-refractivity contribution in [1.29, 1.82) is 0 Å². The van der Waals surface area contributed by atoms with E-state index in [1.165, 1.54) is 10.9 Å². The molecule has 3 heteroatoms. The lowest BCUT2D eigenvalue weighted by molar-refractivity contribution is 0.311. The van der Waals surface area contributed by atoms with Crippen LogP contribution >= 0.6 is 0 Å². The average Bonchev–Trinajstić information content (AvgIpc) is 2.07. The predicted molar refractivity (Wildman–Crippen MR) is 54.8 cm³/mol. The van der Waals surface area contributed by atoms with Crippen LogP contribution in [0.25, 0.3) is 0 Å². The van der Waals surface area contributed by atoms with E-state index in [-0.39, 0.29) is 0 Å². The molecule has 0 atom stereocenters. The molecule has 0 aliphatic carbocycles. The largest absolute Gasteiger partial charge is 0.490 e. The first kappa shape index (κ1) is 7.67. The summed E-state index contributed by atoms with van der Waals surface area (Å²) in [4.78, 5) is 2.25. The number of hydrogen-bond acceptors (Lipinski definition) is 2. The van der Waals surface area contributed by atoms with Gasteiger partial charge < -0.3 is 9.64 Å². The minimum atomic E-state index is 0.810. The molecule has 1 aliphatic heterocycles. The fraction of sp³-hybridized carbons (Fsp3) is 0.333. The smallest absolute Gasteiger partial charge is 0.142 e. The van der Waals surface area contributed by atoms with Gasteiger partial charge in [-0.1, -0.05) is 11.3 Å². The Morgan fingerprint density at radius 2 is 2.33 bits per heavy atom. The Bertz CT molecular complexity index is 301. The predicted octanol–water partition coefficient (Wildman–Crippen LogP) is -0.494. The summed E-state index contributed by atoms with van der Waals surface area (Å²) in [6.45, 7) is 1.81. The van der Waals surface area contributed by atoms with E-state index in [1.807, 2.05) is 0 Å². The maximum atomic E-state index is 5.52. The summed E-state index contributed by atoms with van der Waals surface area (Å²) in [7, 11) is 3.22. The molecule has 1 aliphatic rings. The molecule has 12 heavy (non-hydrogen) atoms. The monoisotopic (exact) mass is 179 g/mol. The number of anilines is 1. The first-order valence-corrected chi connectivity index (χ1v) is 5.22. The number of rotatable bonds is 0. The van der Waals surface area contributed by atoms with Gasteiger partial charge in [-0.2, -0.15) is 0 Å². The summed E-state index contributed by atoms with van der Waals surface area (Å²) in [6.07, 6.45) is 0. The van der Waals surface area contributed by atoms with Crippen molar-refractivity contribution in [3.63, 3.8) is 0 Å². The first-order valence-electron chi connectivity index (χ1n) is 4.22. The van der Waals surface area contributed by atoms with Crippen LogP contribution in [0.2, 0.25) is 0 Å². The third kappa shape index (κ3) is 1.20. The molecule has 2 nitrogen and oxygen atoms in total. The second kappa shape index (κ2) is 2.82. The molecule has 64 valence electrons. The maximum absolute atomic E-state index is 5.52. The van der Waals surface area contributed by atoms with Gasteiger partial charge in [0.1, 0.15) is 12.4 Å². The lowest BCUT2D eigenvalue weighted by Crippen LogP contribution is -2.29. The van der Waals surface area contributed by atoms with Crippen molar-refractivity contribution in [2.75, 3.05) is 25.1 Å². The summed E-state index contributed by atoms with van der Waals surface area (Å²) in [5.74, 6) is 1.03. The lowest BCUT2D eigenvalue weighted by atomic mass is 10.2. The fourth-order valence-corrected chi connectivity index (χ4v) is 1.90. The van der Waals surface area contributed by atoms with Crippen LogP contribution in [0.1, 0.15) is 0 Å². The standard InChI is InChI=1S/C9H13NOSi/c1-10-4-5-11-9-3-2-7(12)6-8(9)10/h2-3,6H,4-5H2,1,12H3. The zero-order valence-corrected chi connectivity index (χ0v) is 9.50. The van der Waals surface area contributed by atoms with E-state index in [9.17, 15) is 0 Å². The van der Waals surface area contributed by atoms with Gasteiger partial charge in [-0.05, 0) is 12.1 Å². The van der Waals surface area contributed by atoms with E-state index in [4.69, 9.17) is 4.74 Å². The van der Waals surface area contributed by atoms with Gasteiger partial charge in [0, 0.05) is 17.3 Å². The van der Waals surface area contributed by atoms with E-state index in [2.05, 4.69) is 30.1 Å². The van der Waals surface area contributed by atoms with E-state index in [1.54, 1.807) is 0 Å². The van der Waals surface area contributed by atoms with Crippen molar-refractivity contribution >= 4 is 21.1 Å². The second-order valence-corrected chi connectivity index (χ2v) is 4.40. The normalized spacial score (nSPS) is 15.6. The summed E-state index contributed by atoms with van der Waals surface area (Å²) in [5, 5.41) is 1.42. The summed E-state index contributed by atoms with van der Waals surface area (Å²) in [5.41, 5.74) is 1.24. The van der Waals surface area contributed by atoms with E-state index >= 15 is 0 Å². The molecule has 0 bridgehead atoms. The minimum Gasteiger partial charge on any atom is -0.490 e. The number of ether oxygens (including phenoxy) is 1. The molecular weight excluding hydrogens is 166 g/mol. The quantitative estimate of drug-likeness (QED) is 0.498. The van der Waals surface area contributed by atoms with Gasteiger partial charge in [-0.3, -0.25) is 0 Å². The van der Waals surface area contributed by atoms with Crippen LogP contribution in [-0.2, 0) is 0 Å². The summed E-state index contributed by atoms with van der Waals surface area (Å²) < 4.78 is 5.52. The first-order chi connectivity index (χ1) is 5.77. The van der Waals surface area contributed by atoms with E-state index < -0.39 is 0 Å². The van der Waals surface area contributed by atoms with Gasteiger partial charge >= 0.3 is 0 Å². The highest BCUT2D eigenvalue weighted by molar-refractivity contribution is 6.32. The molecule has 0 saturated heterocycles. The molecule has 1 aromatic carbocycles. The third-order valence-corrected chi connectivity index (χ3v) is 2.83. The van der Waals surface area contributed by atoms with E-state index in [0.29, 0.717) is 0 Å². The van der Waals surface area contributed by atoms with Crippen molar-refractivity contribution in [2.45, 2.75) is 0 Å². The fourth-order valence-electron chi connectivity index (χ4n) is 1.46. The molecule has 0 fully saturated rings. The maximum Gasteiger partial charge on any atom is 0.142 e. The highest BCUT2D eigenvalue weighted by Gasteiger charge is 2.13. The van der Waals surface area contributed by atoms with Crippen LogP contribution in [-0.4, -0.2) is 30.4 Å². The SMILES string of the molecule is CN1CCOc2ccc([SiH3])cc21. The summed E-state index contributed by atoms with van der Waals surface area (Å²) >= 11 is 0. The van der Waals surface area contributed by atoms with Crippen molar-refractivity contribution in [1.82, 2.24) is 0 Å². The highest BCUT2D eigenvalue weighted by atomic mass is 28.1. The number of fused-ring (bicyclic) bond motifs is 1. The lowest BCUT2D eigenvalue weighted by Gasteiger charge is -2.27. The van der Waals surface area contributed by atoms with Gasteiger partial charge in [-0.25, -0.2) is 0 Å². The molecule has 1 aromatic rings. The van der Waals surface area contributed by atoms with Crippen LogP contribution in [0.4, 0.5) is 5.69 Å². The Kier molecular flexibility index (Phi) is 1.81. The Morgan fingerprint density at radius 1 is 1.50 bits per heavy atom. The van der Waals surface area contributed by atoms with E-state index in [0.717, 1.165) is 29.1 Å². The Hall–Kier alpha value is -0.963. The second-order valence-electron chi connectivity index (χ2n) is 3.24. The molecule has 0 unspecified atom stereocenters. The van der Waals surface area contributed by atoms with Gasteiger partial charge in [0.25, 0.3) is 0 Å². The minimum absolute atomic E-state index is 0.810. The van der Waals surface area contributed by atoms with Crippen molar-refractivity contribution in [3.8, 4) is 5.75 Å². The van der Waals surface area contributed by atoms with Crippen molar-refractivity contribution < 1.29 is 4.74 Å². The van der Waals surface area contributed by atoms with Crippen LogP contribution in [0, 0.1) is 0 Å². The Balaban J connectivity index is 2.47. The molecule has 0 saturated carbocycles. The molecule has 0 radical (unpaired) electrons. The molecule has 0 N–H and O–H groups in total. The number of nitrogens with zero attached hydrogens (tertiary/aromatic N) is 1. The third-order valence-electron chi connectivity index (χ3n) is 2.21. The van der Waals surface area contributed by atoms with Gasteiger partial charge in [0.2, 0.25) is 0 Å². The molecule has 0 aromatic heterocycles. The van der Waals surface area contributed by atoms with Crippen LogP contribution in [0.15, 0.2) is 18.2 Å². The topological polar surface area (TPSA) is 12.5 Å². The Morgan fingerprint density at radius 3 is 3.17 bits per heavy atom. The number of hydrogen-bond donors (Lipinski definition) is 0. The Labute approximate surface area is 75.6 Å². The average molecular weight is 179 g/mol. The molecule has 0 amide bonds. The van der Waals surface area contributed by atoms with Gasteiger partial charge in [-0.15, -0.1) is 0 Å². The highest BCUT2D eigenvalue weighted by Crippen LogP contribution is 2.28. The van der Waals surface area contributed by atoms with Gasteiger partial charge in [0.05, 0.1) is 12.2 Å². The molecule has 2 rings (SSSR count). The zero-order valence-electron chi connectivity index (χ0n) is 7.50. The van der Waals surface area contributed by atoms with Crippen molar-refractivity contribution in [2.24, 2.45) is 0 Å². The molecule has 1 heterocycles. The van der Waals surface area contributed by atoms with Gasteiger partial charge in [0.15, 0.2) is 0 Å². The molecular formula is C9H13NOSi. The molecule has 0 spiro atoms. The van der Waals surface area contributed by atoms with Crippen molar-refractivity contribution in [3.05, 3.63) is 18.2 Å². The zero-order chi connectivity index (χ0) is 8.55. The van der Waals surface area contributed by atoms with Crippen LogP contribution in [0.3, 0.4) is 0 Å². The number of likely N-dealkylation sites (N-methyl/N-ethyl adjacent to an activating group) is 1. The number of benzene rings is 1. The summed E-state index contributed by atoms with van der Waals surface area (Å²) in [6, 6.07) is 6.44. The van der Waals surface area contributed by atoms with Crippen LogP contribution < -0.4 is 14.8 Å². The van der Waals surface area contributed by atoms with Crippen LogP contribution in [0.5, 0.6) is 5.75 Å².